The maximum atomic E-state index is 12.7. The van der Waals surface area contributed by atoms with Crippen molar-refractivity contribution >= 4 is 41.4 Å². The molecule has 0 spiro atoms. The van der Waals surface area contributed by atoms with E-state index in [1.165, 1.54) is 0 Å². The number of hydrogen-bond acceptors (Lipinski definition) is 5. The Bertz CT molecular complexity index is 1280. The van der Waals surface area contributed by atoms with E-state index >= 15 is 0 Å². The number of nitrogens with one attached hydrogen (secondary N) is 1. The van der Waals surface area contributed by atoms with Crippen molar-refractivity contribution in [1.29, 1.82) is 0 Å². The van der Waals surface area contributed by atoms with Crippen molar-refractivity contribution in [3.05, 3.63) is 71.8 Å². The second kappa shape index (κ2) is 11.9. The normalized spacial score (nSPS) is 22.3. The van der Waals surface area contributed by atoms with Crippen molar-refractivity contribution in [2.24, 2.45) is 0 Å². The molecule has 0 unspecified atom stereocenters. The fraction of sp³-hybridized carbons (Fsp3) is 0.419. The number of rotatable bonds is 3. The number of benzene rings is 2. The van der Waals surface area contributed by atoms with Crippen LogP contribution < -0.4 is 15.1 Å². The van der Waals surface area contributed by atoms with E-state index in [0.29, 0.717) is 6.04 Å². The highest BCUT2D eigenvalue weighted by Crippen LogP contribution is 2.40. The van der Waals surface area contributed by atoms with Crippen LogP contribution in [0.15, 0.2) is 60.7 Å². The standard InChI is InChI=1S/C16H21BN2O2.C15H18N2O/c1-3-13-14-6-4-5-7-15(14)19(16(13)20)12-8-10-18(11-9-12)17(2)21;1-2-12-13-5-3-4-6-14(13)17(15(12)18)11-7-9-16-10-8-11/h3-7,12,21H,8-11H2,1-2H3;2-6,11,16H,7-10H2,1H3/b13-3-;12-2-. The Morgan fingerprint density at radius 3 is 1.64 bits per heavy atom. The van der Waals surface area contributed by atoms with Crippen LogP contribution in [-0.2, 0) is 9.59 Å². The lowest BCUT2D eigenvalue weighted by atomic mass is 9.82. The minimum atomic E-state index is -0.404. The highest BCUT2D eigenvalue weighted by atomic mass is 16.2. The molecule has 2 N–H and O–H groups in total. The van der Waals surface area contributed by atoms with Crippen LogP contribution in [0.4, 0.5) is 11.4 Å². The summed E-state index contributed by atoms with van der Waals surface area (Å²) in [5.41, 5.74) is 5.91. The minimum Gasteiger partial charge on any atom is -0.437 e. The molecule has 39 heavy (non-hydrogen) atoms. The van der Waals surface area contributed by atoms with Gasteiger partial charge in [-0.1, -0.05) is 48.6 Å². The number of hydrogen-bond donors (Lipinski definition) is 2. The molecule has 4 heterocycles. The summed E-state index contributed by atoms with van der Waals surface area (Å²) < 4.78 is 0. The van der Waals surface area contributed by atoms with Crippen molar-refractivity contribution < 1.29 is 14.6 Å². The highest BCUT2D eigenvalue weighted by molar-refractivity contribution is 6.45. The number of carbonyl (C=O) groups excluding carboxylic acids is 2. The lowest BCUT2D eigenvalue weighted by molar-refractivity contribution is -0.114. The second-order valence-electron chi connectivity index (χ2n) is 10.7. The maximum absolute atomic E-state index is 12.7. The number of fused-ring (bicyclic) bond motifs is 2. The molecule has 4 aliphatic rings. The van der Waals surface area contributed by atoms with Gasteiger partial charge in [0, 0.05) is 34.4 Å². The summed E-state index contributed by atoms with van der Waals surface area (Å²) in [7, 11) is -0.404. The van der Waals surface area contributed by atoms with Gasteiger partial charge >= 0.3 is 7.05 Å². The third kappa shape index (κ3) is 5.21. The van der Waals surface area contributed by atoms with Gasteiger partial charge in [-0.15, -0.1) is 0 Å². The van der Waals surface area contributed by atoms with Crippen LogP contribution in [0.2, 0.25) is 6.82 Å². The molecule has 2 aromatic rings. The first kappa shape index (κ1) is 27.4. The Morgan fingerprint density at radius 1 is 0.769 bits per heavy atom. The van der Waals surface area contributed by atoms with Crippen LogP contribution in [0.5, 0.6) is 0 Å². The zero-order chi connectivity index (χ0) is 27.5. The summed E-state index contributed by atoms with van der Waals surface area (Å²) in [5, 5.41) is 13.0. The van der Waals surface area contributed by atoms with E-state index in [1.54, 1.807) is 6.82 Å². The zero-order valence-corrected chi connectivity index (χ0v) is 23.3. The van der Waals surface area contributed by atoms with Gasteiger partial charge in [0.15, 0.2) is 0 Å². The number of amides is 2. The molecule has 0 saturated carbocycles. The van der Waals surface area contributed by atoms with Gasteiger partial charge in [0.2, 0.25) is 0 Å². The molecule has 0 aliphatic carbocycles. The average molecular weight is 526 g/mol. The van der Waals surface area contributed by atoms with Gasteiger partial charge in [-0.3, -0.25) is 9.59 Å². The van der Waals surface area contributed by atoms with Gasteiger partial charge in [-0.25, -0.2) is 0 Å². The molecular formula is C31H39BN4O3. The molecule has 8 heteroatoms. The van der Waals surface area contributed by atoms with E-state index < -0.39 is 7.05 Å². The topological polar surface area (TPSA) is 76.1 Å². The Morgan fingerprint density at radius 2 is 1.21 bits per heavy atom. The average Bonchev–Trinajstić information content (AvgIpc) is 3.42. The van der Waals surface area contributed by atoms with E-state index in [1.807, 2.05) is 78.3 Å². The minimum absolute atomic E-state index is 0.120. The lowest BCUT2D eigenvalue weighted by Gasteiger charge is -2.37. The zero-order valence-electron chi connectivity index (χ0n) is 23.3. The molecule has 0 atom stereocenters. The third-order valence-corrected chi connectivity index (χ3v) is 8.45. The fourth-order valence-corrected chi connectivity index (χ4v) is 6.40. The summed E-state index contributed by atoms with van der Waals surface area (Å²) in [6.07, 6.45) is 7.73. The van der Waals surface area contributed by atoms with Crippen molar-refractivity contribution in [2.75, 3.05) is 36.0 Å². The summed E-state index contributed by atoms with van der Waals surface area (Å²) in [4.78, 5) is 31.3. The molecule has 0 bridgehead atoms. The van der Waals surface area contributed by atoms with Gasteiger partial charge in [0.25, 0.3) is 11.8 Å². The Kier molecular flexibility index (Phi) is 8.36. The van der Waals surface area contributed by atoms with E-state index in [2.05, 4.69) is 16.2 Å². The number of carbonyl (C=O) groups is 2. The SMILES string of the molecule is C/C=C1\C(=O)N(C2CCN(B(C)O)CC2)c2ccccc21.C/C=C1\C(=O)N(C2CCNCC2)c2ccccc21. The van der Waals surface area contributed by atoms with Crippen LogP contribution in [0.25, 0.3) is 11.1 Å². The molecule has 0 radical (unpaired) electrons. The van der Waals surface area contributed by atoms with Gasteiger partial charge in [-0.05, 0) is 84.7 Å². The van der Waals surface area contributed by atoms with E-state index in [4.69, 9.17) is 0 Å². The molecule has 6 rings (SSSR count). The first-order valence-corrected chi connectivity index (χ1v) is 14.3. The maximum Gasteiger partial charge on any atom is 0.376 e. The van der Waals surface area contributed by atoms with E-state index in [0.717, 1.165) is 85.5 Å². The van der Waals surface area contributed by atoms with Crippen molar-refractivity contribution in [1.82, 2.24) is 10.1 Å². The largest absolute Gasteiger partial charge is 0.437 e. The summed E-state index contributed by atoms with van der Waals surface area (Å²) in [5.74, 6) is 0.291. The monoisotopic (exact) mass is 526 g/mol. The van der Waals surface area contributed by atoms with Crippen molar-refractivity contribution in [3.63, 3.8) is 0 Å². The first-order valence-electron chi connectivity index (χ1n) is 14.3. The van der Waals surface area contributed by atoms with E-state index in [9.17, 15) is 14.6 Å². The van der Waals surface area contributed by atoms with Gasteiger partial charge < -0.3 is 25.0 Å². The fourth-order valence-electron chi connectivity index (χ4n) is 6.40. The Balaban J connectivity index is 0.000000160. The molecule has 2 fully saturated rings. The quantitative estimate of drug-likeness (QED) is 0.463. The number of anilines is 2. The van der Waals surface area contributed by atoms with Crippen LogP contribution in [0, 0.1) is 0 Å². The predicted octanol–water partition coefficient (Wildman–Crippen LogP) is 4.20. The molecule has 204 valence electrons. The van der Waals surface area contributed by atoms with Crippen molar-refractivity contribution in [3.8, 4) is 0 Å². The van der Waals surface area contributed by atoms with Crippen LogP contribution in [0.3, 0.4) is 0 Å². The smallest absolute Gasteiger partial charge is 0.376 e. The lowest BCUT2D eigenvalue weighted by Crippen LogP contribution is -2.50. The number of allylic oxidation sites excluding steroid dienone is 2. The molecule has 2 saturated heterocycles. The number of para-hydroxylation sites is 2. The molecule has 2 aromatic carbocycles. The van der Waals surface area contributed by atoms with Gasteiger partial charge in [0.05, 0.1) is 11.4 Å². The molecule has 7 nitrogen and oxygen atoms in total. The molecule has 0 aromatic heterocycles. The van der Waals surface area contributed by atoms with Crippen LogP contribution in [-0.4, -0.2) is 67.0 Å². The van der Waals surface area contributed by atoms with E-state index in [-0.39, 0.29) is 17.9 Å². The number of nitrogens with zero attached hydrogens (tertiary/aromatic N) is 3. The van der Waals surface area contributed by atoms with Gasteiger partial charge in [0.1, 0.15) is 0 Å². The highest BCUT2D eigenvalue weighted by Gasteiger charge is 2.38. The molecule has 2 amide bonds. The van der Waals surface area contributed by atoms with Crippen LogP contribution >= 0.6 is 0 Å². The first-order chi connectivity index (χ1) is 19.0. The number of piperidine rings is 2. The van der Waals surface area contributed by atoms with Gasteiger partial charge in [-0.2, -0.15) is 0 Å². The second-order valence-corrected chi connectivity index (χ2v) is 10.7. The molecule has 4 aliphatic heterocycles. The van der Waals surface area contributed by atoms with Crippen molar-refractivity contribution in [2.45, 2.75) is 58.4 Å². The molecular weight excluding hydrogens is 487 g/mol. The summed E-state index contributed by atoms with van der Waals surface area (Å²) in [6.45, 7) is 9.33. The Hall–Kier alpha value is -3.20. The third-order valence-electron chi connectivity index (χ3n) is 8.45. The van der Waals surface area contributed by atoms with Crippen LogP contribution in [0.1, 0.15) is 50.7 Å². The predicted molar refractivity (Wildman–Crippen MR) is 159 cm³/mol. The Labute approximate surface area is 232 Å². The summed E-state index contributed by atoms with van der Waals surface area (Å²) >= 11 is 0. The summed E-state index contributed by atoms with van der Waals surface area (Å²) in [6, 6.07) is 16.7.